The van der Waals surface area contributed by atoms with Gasteiger partial charge in [-0.2, -0.15) is 0 Å². The van der Waals surface area contributed by atoms with Crippen LogP contribution in [0.15, 0.2) is 324 Å². The van der Waals surface area contributed by atoms with Gasteiger partial charge in [0.1, 0.15) is 22.3 Å². The Morgan fingerprint density at radius 2 is 0.535 bits per heavy atom. The average Bonchev–Trinajstić information content (AvgIpc) is 0.911. The third-order valence-electron chi connectivity index (χ3n) is 15.9. The van der Waals surface area contributed by atoms with Crippen LogP contribution in [0.25, 0.3) is 175 Å². The fourth-order valence-electron chi connectivity index (χ4n) is 12.2. The Hall–Kier alpha value is -11.3. The molecule has 0 radical (unpaired) electrons. The minimum Gasteiger partial charge on any atom is -0.456 e. The maximum absolute atomic E-state index is 9.26. The molecule has 86 heavy (non-hydrogen) atoms. The highest BCUT2D eigenvalue weighted by Gasteiger charge is 2.21. The summed E-state index contributed by atoms with van der Waals surface area (Å²) < 4.78 is 241. The summed E-state index contributed by atoms with van der Waals surface area (Å²) in [5.41, 5.74) is 5.19. The van der Waals surface area contributed by atoms with Gasteiger partial charge in [0.15, 0.2) is 0 Å². The molecule has 0 atom stereocenters. The zero-order valence-corrected chi connectivity index (χ0v) is 44.8. The number of fused-ring (bicyclic) bond motifs is 12. The van der Waals surface area contributed by atoms with E-state index in [2.05, 4.69) is 12.1 Å². The van der Waals surface area contributed by atoms with E-state index in [1.165, 1.54) is 0 Å². The van der Waals surface area contributed by atoms with Crippen molar-refractivity contribution >= 4 is 109 Å². The molecular formula is C84H52O2. The lowest BCUT2D eigenvalue weighted by Gasteiger charge is -2.18. The van der Waals surface area contributed by atoms with Crippen molar-refractivity contribution in [3.05, 3.63) is 315 Å². The van der Waals surface area contributed by atoms with E-state index < -0.39 is 168 Å². The largest absolute Gasteiger partial charge is 0.456 e. The smallest absolute Gasteiger partial charge is 0.136 e. The maximum Gasteiger partial charge on any atom is 0.136 e. The van der Waals surface area contributed by atoms with Crippen LogP contribution in [0.4, 0.5) is 0 Å². The van der Waals surface area contributed by atoms with Crippen LogP contribution in [-0.4, -0.2) is 0 Å². The van der Waals surface area contributed by atoms with Gasteiger partial charge in [-0.15, -0.1) is 0 Å². The van der Waals surface area contributed by atoms with Crippen molar-refractivity contribution in [2.45, 2.75) is 0 Å². The Labute approximate surface area is 533 Å². The molecule has 2 nitrogen and oxygen atoms in total. The fourth-order valence-corrected chi connectivity index (χ4v) is 12.2. The standard InChI is InChI=1S/2C42H26O/c1-2-12-27(13-3-1)40-33-18-6-8-20-35(33)41(36-21-9-7-19-34(36)40)31-17-10-16-30(24-31)32-22-11-23-38-42(32)37-25-28-14-4-5-15-29(28)26-39(37)43-38;1-2-11-28(12-3-1)40-33-15-6-8-17-35(33)41(36-18-9-7-16-34(36)40)29-23-21-27(22-24-29)32-19-10-20-38-42(32)37-25-30-13-4-5-14-31(30)26-39(37)43-38/h2*1-26H/i1D,2D,3D,6D,7D,8D,9D,12D,13D,18D,19D,20D,21D;1D,2D,3D,6D,7D,8D,9D,11D,12D,15D,16D,17D,18D. The summed E-state index contributed by atoms with van der Waals surface area (Å²) in [7, 11) is 0. The molecule has 2 aromatic heterocycles. The van der Waals surface area contributed by atoms with Crippen molar-refractivity contribution in [3.63, 3.8) is 0 Å². The van der Waals surface area contributed by atoms with Gasteiger partial charge < -0.3 is 8.83 Å². The van der Waals surface area contributed by atoms with E-state index in [4.69, 9.17) is 36.2 Å². The SMILES string of the molecule is [2H]c1c([2H])c([2H])c(-c2c3c([2H])c([2H])c([2H])c([2H])c3c(-c3ccc(-c4cccc5oc6cc7ccccc7cc6c45)cc3)c3c([2H])c([2H])c([2H])c([2H])c23)c([2H])c1[2H].[2H]c1c([2H])c([2H])c(-c2c3c([2H])c([2H])c([2H])c([2H])c3c(-c3cccc(-c4cccc5oc6cc7ccccc7cc6c45)c3)c3c([2H])c([2H])c([2H])c([2H])c23)c([2H])c1[2H]. The molecule has 18 aromatic rings. The van der Waals surface area contributed by atoms with Crippen molar-refractivity contribution in [2.75, 3.05) is 0 Å². The molecule has 400 valence electrons. The second-order valence-corrected chi connectivity index (χ2v) is 20.6. The van der Waals surface area contributed by atoms with Crippen LogP contribution in [0.1, 0.15) is 35.6 Å². The average molecular weight is 1120 g/mol. The van der Waals surface area contributed by atoms with Gasteiger partial charge in [0, 0.05) is 21.5 Å². The highest BCUT2D eigenvalue weighted by Crippen LogP contribution is 2.48. The molecule has 0 spiro atoms. The lowest BCUT2D eigenvalue weighted by Crippen LogP contribution is -1.91. The number of furan rings is 2. The van der Waals surface area contributed by atoms with Gasteiger partial charge in [0.2, 0.25) is 0 Å². The van der Waals surface area contributed by atoms with Crippen LogP contribution in [0.2, 0.25) is 0 Å². The summed E-state index contributed by atoms with van der Waals surface area (Å²) in [5, 5.41) is 6.15. The summed E-state index contributed by atoms with van der Waals surface area (Å²) in [6, 6.07) is 33.1. The molecule has 0 unspecified atom stereocenters. The third-order valence-corrected chi connectivity index (χ3v) is 15.9. The lowest BCUT2D eigenvalue weighted by atomic mass is 9.85. The van der Waals surface area contributed by atoms with E-state index in [0.717, 1.165) is 65.4 Å². The Bertz CT molecular complexity index is 7110. The maximum atomic E-state index is 9.26. The van der Waals surface area contributed by atoms with Crippen molar-refractivity contribution < 1.29 is 44.5 Å². The third kappa shape index (κ3) is 8.10. The Kier molecular flexibility index (Phi) is 7.01. The number of hydrogen-bond donors (Lipinski definition) is 0. The van der Waals surface area contributed by atoms with Crippen LogP contribution in [0.5, 0.6) is 0 Å². The van der Waals surface area contributed by atoms with Gasteiger partial charge in [0.05, 0.1) is 35.6 Å². The zero-order chi connectivity index (χ0) is 79.3. The lowest BCUT2D eigenvalue weighted by molar-refractivity contribution is 0.669. The summed E-state index contributed by atoms with van der Waals surface area (Å²) in [5.74, 6) is 0. The summed E-state index contributed by atoms with van der Waals surface area (Å²) in [6.07, 6.45) is 0. The predicted octanol–water partition coefficient (Wildman–Crippen LogP) is 24.1. The van der Waals surface area contributed by atoms with E-state index in [9.17, 15) is 8.22 Å². The molecule has 0 aliphatic rings. The first kappa shape index (κ1) is 29.8. The quantitative estimate of drug-likeness (QED) is 0.155. The fraction of sp³-hybridized carbons (Fsp3) is 0. The second-order valence-electron chi connectivity index (χ2n) is 20.6. The molecule has 0 saturated heterocycles. The normalized spacial score (nSPS) is 16.0. The molecule has 0 saturated carbocycles. The van der Waals surface area contributed by atoms with Crippen molar-refractivity contribution in [3.8, 4) is 66.8 Å². The molecular weight excluding hydrogens is 1040 g/mol. The number of hydrogen-bond acceptors (Lipinski definition) is 2. The topological polar surface area (TPSA) is 26.3 Å². The van der Waals surface area contributed by atoms with Gasteiger partial charge in [-0.3, -0.25) is 0 Å². The molecule has 2 heterocycles. The Morgan fingerprint density at radius 3 is 0.953 bits per heavy atom. The molecule has 0 bridgehead atoms. The van der Waals surface area contributed by atoms with Crippen LogP contribution in [-0.2, 0) is 0 Å². The molecule has 0 amide bonds. The van der Waals surface area contributed by atoms with Gasteiger partial charge in [-0.25, -0.2) is 0 Å². The van der Waals surface area contributed by atoms with Crippen LogP contribution >= 0.6 is 0 Å². The highest BCUT2D eigenvalue weighted by molar-refractivity contribution is 6.24. The molecule has 2 heteroatoms. The molecule has 0 fully saturated rings. The van der Waals surface area contributed by atoms with Crippen LogP contribution in [0, 0.1) is 0 Å². The van der Waals surface area contributed by atoms with E-state index in [1.807, 2.05) is 115 Å². The van der Waals surface area contributed by atoms with Crippen molar-refractivity contribution in [2.24, 2.45) is 0 Å². The van der Waals surface area contributed by atoms with Gasteiger partial charge in [0.25, 0.3) is 0 Å². The summed E-state index contributed by atoms with van der Waals surface area (Å²) in [4.78, 5) is 0. The monoisotopic (exact) mass is 1120 g/mol. The molecule has 0 aliphatic heterocycles. The zero-order valence-electron chi connectivity index (χ0n) is 70.8. The van der Waals surface area contributed by atoms with E-state index in [1.54, 1.807) is 30.3 Å². The minimum absolute atomic E-state index is 0.0715. The minimum atomic E-state index is -0.713. The molecule has 0 aliphatic carbocycles. The highest BCUT2D eigenvalue weighted by atomic mass is 16.3. The Balaban J connectivity index is 0.000000163. The number of benzene rings is 16. The van der Waals surface area contributed by atoms with Crippen molar-refractivity contribution in [1.82, 2.24) is 0 Å². The second kappa shape index (κ2) is 20.2. The van der Waals surface area contributed by atoms with Gasteiger partial charge >= 0.3 is 0 Å². The summed E-state index contributed by atoms with van der Waals surface area (Å²) >= 11 is 0. The molecule has 0 N–H and O–H groups in total. The molecule has 18 rings (SSSR count). The van der Waals surface area contributed by atoms with Gasteiger partial charge in [-0.05, 0) is 174 Å². The Morgan fingerprint density at radius 1 is 0.209 bits per heavy atom. The van der Waals surface area contributed by atoms with Gasteiger partial charge in [-0.1, -0.05) is 272 Å². The summed E-state index contributed by atoms with van der Waals surface area (Å²) in [6.45, 7) is 0. The van der Waals surface area contributed by atoms with E-state index >= 15 is 0 Å². The first-order valence-corrected chi connectivity index (χ1v) is 27.4. The molecule has 16 aromatic carbocycles. The predicted molar refractivity (Wildman–Crippen MR) is 365 cm³/mol. The van der Waals surface area contributed by atoms with Crippen LogP contribution in [0.3, 0.4) is 0 Å². The van der Waals surface area contributed by atoms with Crippen LogP contribution < -0.4 is 0 Å². The first-order valence-electron chi connectivity index (χ1n) is 40.4. The first-order chi connectivity index (χ1) is 53.4. The van der Waals surface area contributed by atoms with E-state index in [0.29, 0.717) is 33.4 Å². The number of rotatable bonds is 6. The van der Waals surface area contributed by atoms with E-state index in [-0.39, 0.29) is 65.3 Å². The van der Waals surface area contributed by atoms with Crippen molar-refractivity contribution in [1.29, 1.82) is 0 Å².